The van der Waals surface area contributed by atoms with Crippen LogP contribution >= 0.6 is 23.1 Å². The van der Waals surface area contributed by atoms with Crippen molar-refractivity contribution in [2.45, 2.75) is 25.1 Å². The Morgan fingerprint density at radius 2 is 2.30 bits per heavy atom. The number of fused-ring (bicyclic) bond motifs is 1. The molecule has 1 aromatic heterocycles. The molecule has 108 valence electrons. The Morgan fingerprint density at radius 3 is 2.95 bits per heavy atom. The number of aromatic carboxylic acids is 1. The second-order valence-electron chi connectivity index (χ2n) is 4.51. The Kier molecular flexibility index (Phi) is 5.01. The summed E-state index contributed by atoms with van der Waals surface area (Å²) in [7, 11) is 0. The predicted molar refractivity (Wildman–Crippen MR) is 83.2 cm³/mol. The van der Waals surface area contributed by atoms with Crippen LogP contribution in [0.5, 0.6) is 0 Å². The molecule has 3 N–H and O–H groups in total. The first-order valence-corrected chi connectivity index (χ1v) is 8.28. The molecule has 0 bridgehead atoms. The van der Waals surface area contributed by atoms with Crippen LogP contribution in [0.2, 0.25) is 0 Å². The number of hydrogen-bond donors (Lipinski definition) is 2. The summed E-state index contributed by atoms with van der Waals surface area (Å²) in [6.07, 6.45) is 0.873. The maximum atomic E-state index is 14.0. The summed E-state index contributed by atoms with van der Waals surface area (Å²) in [5.74, 6) is -0.153. The Morgan fingerprint density at radius 1 is 1.55 bits per heavy atom. The molecule has 2 aromatic rings. The second kappa shape index (κ2) is 6.56. The van der Waals surface area contributed by atoms with Crippen molar-refractivity contribution < 1.29 is 14.3 Å². The van der Waals surface area contributed by atoms with Crippen LogP contribution in [0.3, 0.4) is 0 Å². The number of rotatable bonds is 6. The van der Waals surface area contributed by atoms with Crippen molar-refractivity contribution in [2.75, 3.05) is 5.75 Å². The Labute approximate surface area is 125 Å². The summed E-state index contributed by atoms with van der Waals surface area (Å²) in [6.45, 7) is 2.01. The molecule has 1 aromatic carbocycles. The van der Waals surface area contributed by atoms with Gasteiger partial charge < -0.3 is 10.8 Å². The molecular formula is C14H16FNO2S2. The molecule has 1 heterocycles. The Hall–Kier alpha value is -1.11. The highest BCUT2D eigenvalue weighted by Gasteiger charge is 2.20. The lowest BCUT2D eigenvalue weighted by molar-refractivity contribution is 0.0701. The molecule has 3 nitrogen and oxygen atoms in total. The first-order chi connectivity index (χ1) is 9.54. The topological polar surface area (TPSA) is 63.3 Å². The monoisotopic (exact) mass is 313 g/mol. The van der Waals surface area contributed by atoms with Gasteiger partial charge >= 0.3 is 5.97 Å². The number of thiophene rings is 1. The first-order valence-electron chi connectivity index (χ1n) is 6.31. The van der Waals surface area contributed by atoms with E-state index >= 15 is 0 Å². The van der Waals surface area contributed by atoms with Gasteiger partial charge in [-0.1, -0.05) is 13.0 Å². The number of thioether (sulfide) groups is 1. The molecule has 20 heavy (non-hydrogen) atoms. The Balaban J connectivity index is 2.34. The van der Waals surface area contributed by atoms with E-state index in [4.69, 9.17) is 5.73 Å². The average Bonchev–Trinajstić information content (AvgIpc) is 2.79. The summed E-state index contributed by atoms with van der Waals surface area (Å²) < 4.78 is 14.6. The van der Waals surface area contributed by atoms with Crippen molar-refractivity contribution >= 4 is 39.2 Å². The van der Waals surface area contributed by atoms with E-state index in [-0.39, 0.29) is 16.7 Å². The highest BCUT2D eigenvalue weighted by atomic mass is 32.2. The molecular weight excluding hydrogens is 297 g/mol. The van der Waals surface area contributed by atoms with Gasteiger partial charge in [0.15, 0.2) is 0 Å². The molecule has 0 aliphatic carbocycles. The lowest BCUT2D eigenvalue weighted by Gasteiger charge is -2.08. The molecule has 0 saturated carbocycles. The van der Waals surface area contributed by atoms with E-state index in [0.717, 1.165) is 23.5 Å². The third-order valence-corrected chi connectivity index (χ3v) is 5.40. The molecule has 0 aliphatic heterocycles. The lowest BCUT2D eigenvalue weighted by atomic mass is 10.1. The molecule has 0 radical (unpaired) electrons. The van der Waals surface area contributed by atoms with Crippen LogP contribution in [0, 0.1) is 5.82 Å². The molecule has 0 fully saturated rings. The third-order valence-electron chi connectivity index (χ3n) is 3.06. The lowest BCUT2D eigenvalue weighted by Crippen LogP contribution is -2.21. The normalized spacial score (nSPS) is 12.8. The van der Waals surface area contributed by atoms with E-state index in [1.807, 2.05) is 6.92 Å². The molecule has 1 unspecified atom stereocenters. The predicted octanol–water partition coefficient (Wildman–Crippen LogP) is 3.71. The van der Waals surface area contributed by atoms with Crippen molar-refractivity contribution in [1.29, 1.82) is 0 Å². The van der Waals surface area contributed by atoms with Crippen molar-refractivity contribution in [3.8, 4) is 0 Å². The van der Waals surface area contributed by atoms with Gasteiger partial charge in [0.1, 0.15) is 10.7 Å². The molecule has 2 rings (SSSR count). The standard InChI is InChI=1S/C14H16FNO2S2/c1-2-8(16)6-19-7-9-12-10(15)4-3-5-11(12)20-13(9)14(17)18/h3-5,8H,2,6-7,16H2,1H3,(H,17,18). The number of halogens is 1. The van der Waals surface area contributed by atoms with Crippen LogP contribution in [0.1, 0.15) is 28.6 Å². The largest absolute Gasteiger partial charge is 0.477 e. The fourth-order valence-electron chi connectivity index (χ4n) is 1.91. The van der Waals surface area contributed by atoms with E-state index in [0.29, 0.717) is 21.4 Å². The number of carboxylic acid groups (broad SMARTS) is 1. The van der Waals surface area contributed by atoms with Gasteiger partial charge in [0, 0.05) is 27.6 Å². The van der Waals surface area contributed by atoms with Crippen molar-refractivity contribution in [2.24, 2.45) is 5.73 Å². The fraction of sp³-hybridized carbons (Fsp3) is 0.357. The zero-order valence-corrected chi connectivity index (χ0v) is 12.7. The van der Waals surface area contributed by atoms with E-state index in [9.17, 15) is 14.3 Å². The van der Waals surface area contributed by atoms with E-state index in [1.165, 1.54) is 6.07 Å². The van der Waals surface area contributed by atoms with Crippen molar-refractivity contribution in [3.63, 3.8) is 0 Å². The van der Waals surface area contributed by atoms with Crippen LogP contribution in [-0.2, 0) is 5.75 Å². The molecule has 0 saturated heterocycles. The van der Waals surface area contributed by atoms with Crippen molar-refractivity contribution in [3.05, 3.63) is 34.5 Å². The number of hydrogen-bond acceptors (Lipinski definition) is 4. The van der Waals surface area contributed by atoms with Gasteiger partial charge in [-0.15, -0.1) is 11.3 Å². The summed E-state index contributed by atoms with van der Waals surface area (Å²) in [6, 6.07) is 4.81. The number of carboxylic acids is 1. The molecule has 0 aliphatic rings. The van der Waals surface area contributed by atoms with Crippen molar-refractivity contribution in [1.82, 2.24) is 0 Å². The minimum atomic E-state index is -0.999. The van der Waals surface area contributed by atoms with Gasteiger partial charge in [-0.25, -0.2) is 9.18 Å². The average molecular weight is 313 g/mol. The number of nitrogens with two attached hydrogens (primary N) is 1. The van der Waals surface area contributed by atoms with Crippen LogP contribution in [0.15, 0.2) is 18.2 Å². The van der Waals surface area contributed by atoms with Gasteiger partial charge in [-0.05, 0) is 24.1 Å². The van der Waals surface area contributed by atoms with Crippen LogP contribution in [0.4, 0.5) is 4.39 Å². The quantitative estimate of drug-likeness (QED) is 0.853. The summed E-state index contributed by atoms with van der Waals surface area (Å²) in [5.41, 5.74) is 6.42. The minimum absolute atomic E-state index is 0.0861. The highest BCUT2D eigenvalue weighted by molar-refractivity contribution is 7.98. The number of carbonyl (C=O) groups is 1. The maximum Gasteiger partial charge on any atom is 0.346 e. The van der Waals surface area contributed by atoms with E-state index < -0.39 is 5.97 Å². The zero-order chi connectivity index (χ0) is 14.7. The smallest absolute Gasteiger partial charge is 0.346 e. The first kappa shape index (κ1) is 15.3. The number of benzene rings is 1. The van der Waals surface area contributed by atoms with Gasteiger partial charge in [0.2, 0.25) is 0 Å². The molecule has 6 heteroatoms. The van der Waals surface area contributed by atoms with E-state index in [2.05, 4.69) is 0 Å². The Bertz CT molecular complexity index is 627. The summed E-state index contributed by atoms with van der Waals surface area (Å²) >= 11 is 2.68. The highest BCUT2D eigenvalue weighted by Crippen LogP contribution is 2.35. The molecule has 0 amide bonds. The van der Waals surface area contributed by atoms with Crippen LogP contribution in [-0.4, -0.2) is 22.9 Å². The van der Waals surface area contributed by atoms with E-state index in [1.54, 1.807) is 23.9 Å². The second-order valence-corrected chi connectivity index (χ2v) is 6.59. The third kappa shape index (κ3) is 3.13. The fourth-order valence-corrected chi connectivity index (χ4v) is 4.22. The van der Waals surface area contributed by atoms with Crippen LogP contribution < -0.4 is 5.73 Å². The molecule has 0 spiro atoms. The summed E-state index contributed by atoms with van der Waals surface area (Å²) in [5, 5.41) is 9.70. The van der Waals surface area contributed by atoms with Gasteiger partial charge in [0.05, 0.1) is 0 Å². The molecule has 1 atom stereocenters. The van der Waals surface area contributed by atoms with Crippen LogP contribution in [0.25, 0.3) is 10.1 Å². The maximum absolute atomic E-state index is 14.0. The SMILES string of the molecule is CCC(N)CSCc1c(C(=O)O)sc2cccc(F)c12. The van der Waals surface area contributed by atoms with Gasteiger partial charge in [0.25, 0.3) is 0 Å². The summed E-state index contributed by atoms with van der Waals surface area (Å²) in [4.78, 5) is 11.5. The van der Waals surface area contributed by atoms with Gasteiger partial charge in [-0.3, -0.25) is 0 Å². The van der Waals surface area contributed by atoms with Gasteiger partial charge in [-0.2, -0.15) is 11.8 Å². The minimum Gasteiger partial charge on any atom is -0.477 e. The zero-order valence-electron chi connectivity index (χ0n) is 11.1.